The van der Waals surface area contributed by atoms with Gasteiger partial charge in [0.05, 0.1) is 0 Å². The highest BCUT2D eigenvalue weighted by atomic mass is 14.9. The largest absolute Gasteiger partial charge is 0.311 e. The van der Waals surface area contributed by atoms with Gasteiger partial charge in [-0.25, -0.2) is 0 Å². The van der Waals surface area contributed by atoms with Crippen molar-refractivity contribution in [1.82, 2.24) is 5.32 Å². The second-order valence-electron chi connectivity index (χ2n) is 3.57. The minimum atomic E-state index is 0.594. The molecule has 1 N–H and O–H groups in total. The van der Waals surface area contributed by atoms with Gasteiger partial charge in [0.2, 0.25) is 0 Å². The van der Waals surface area contributed by atoms with Gasteiger partial charge in [0.1, 0.15) is 0 Å². The van der Waals surface area contributed by atoms with Gasteiger partial charge < -0.3 is 5.32 Å². The summed E-state index contributed by atoms with van der Waals surface area (Å²) in [5.74, 6) is 0.777. The molecule has 0 heterocycles. The standard InChI is InChI=1S/C11H23N/c1-5-11(6-2)8-7-9-12-10(3)4/h7-8,10-12H,5-6,9H2,1-4H3. The number of hydrogen-bond acceptors (Lipinski definition) is 1. The monoisotopic (exact) mass is 169 g/mol. The van der Waals surface area contributed by atoms with Gasteiger partial charge in [0.15, 0.2) is 0 Å². The molecule has 0 aliphatic heterocycles. The van der Waals surface area contributed by atoms with E-state index in [1.807, 2.05) is 0 Å². The summed E-state index contributed by atoms with van der Waals surface area (Å²) in [6.07, 6.45) is 7.09. The predicted molar refractivity (Wildman–Crippen MR) is 56.4 cm³/mol. The van der Waals surface area contributed by atoms with E-state index in [2.05, 4.69) is 45.2 Å². The van der Waals surface area contributed by atoms with Crippen LogP contribution in [0.4, 0.5) is 0 Å². The summed E-state index contributed by atoms with van der Waals surface area (Å²) in [6.45, 7) is 9.84. The highest BCUT2D eigenvalue weighted by Crippen LogP contribution is 2.07. The van der Waals surface area contributed by atoms with Gasteiger partial charge in [-0.05, 0) is 18.8 Å². The Balaban J connectivity index is 3.45. The average Bonchev–Trinajstić information content (AvgIpc) is 2.04. The van der Waals surface area contributed by atoms with Gasteiger partial charge in [0.25, 0.3) is 0 Å². The summed E-state index contributed by atoms with van der Waals surface area (Å²) in [6, 6.07) is 0.594. The van der Waals surface area contributed by atoms with Crippen molar-refractivity contribution in [2.75, 3.05) is 6.54 Å². The summed E-state index contributed by atoms with van der Waals surface area (Å²) in [5.41, 5.74) is 0. The lowest BCUT2D eigenvalue weighted by Gasteiger charge is -2.06. The molecule has 0 rings (SSSR count). The highest BCUT2D eigenvalue weighted by Gasteiger charge is 1.95. The molecule has 0 saturated heterocycles. The second-order valence-corrected chi connectivity index (χ2v) is 3.57. The van der Waals surface area contributed by atoms with Crippen LogP contribution in [-0.2, 0) is 0 Å². The van der Waals surface area contributed by atoms with E-state index >= 15 is 0 Å². The lowest BCUT2D eigenvalue weighted by atomic mass is 10.0. The van der Waals surface area contributed by atoms with Crippen molar-refractivity contribution in [1.29, 1.82) is 0 Å². The Morgan fingerprint density at radius 1 is 1.17 bits per heavy atom. The Morgan fingerprint density at radius 2 is 1.75 bits per heavy atom. The molecule has 0 aliphatic carbocycles. The predicted octanol–water partition coefficient (Wildman–Crippen LogP) is 2.98. The molecule has 0 bridgehead atoms. The van der Waals surface area contributed by atoms with Crippen molar-refractivity contribution in [3.63, 3.8) is 0 Å². The minimum Gasteiger partial charge on any atom is -0.311 e. The van der Waals surface area contributed by atoms with Crippen LogP contribution < -0.4 is 5.32 Å². The summed E-state index contributed by atoms with van der Waals surface area (Å²) in [5, 5.41) is 3.36. The smallest absolute Gasteiger partial charge is 0.0137 e. The Kier molecular flexibility index (Phi) is 7.17. The fourth-order valence-corrected chi connectivity index (χ4v) is 1.13. The lowest BCUT2D eigenvalue weighted by Crippen LogP contribution is -2.22. The number of allylic oxidation sites excluding steroid dienone is 1. The van der Waals surface area contributed by atoms with Gasteiger partial charge in [-0.15, -0.1) is 0 Å². The minimum absolute atomic E-state index is 0.594. The molecule has 0 aliphatic rings. The van der Waals surface area contributed by atoms with Gasteiger partial charge in [-0.2, -0.15) is 0 Å². The van der Waals surface area contributed by atoms with E-state index in [9.17, 15) is 0 Å². The summed E-state index contributed by atoms with van der Waals surface area (Å²) in [7, 11) is 0. The van der Waals surface area contributed by atoms with Crippen LogP contribution in [-0.4, -0.2) is 12.6 Å². The van der Waals surface area contributed by atoms with Crippen molar-refractivity contribution in [3.8, 4) is 0 Å². The molecule has 0 aromatic carbocycles. The molecule has 0 atom stereocenters. The third-order valence-corrected chi connectivity index (χ3v) is 2.10. The van der Waals surface area contributed by atoms with Crippen LogP contribution in [0.3, 0.4) is 0 Å². The van der Waals surface area contributed by atoms with Crippen LogP contribution in [0.1, 0.15) is 40.5 Å². The van der Waals surface area contributed by atoms with Crippen molar-refractivity contribution in [2.45, 2.75) is 46.6 Å². The first-order valence-corrected chi connectivity index (χ1v) is 5.10. The maximum atomic E-state index is 3.36. The van der Waals surface area contributed by atoms with E-state index in [0.29, 0.717) is 6.04 Å². The molecule has 12 heavy (non-hydrogen) atoms. The Hall–Kier alpha value is -0.300. The van der Waals surface area contributed by atoms with E-state index in [1.54, 1.807) is 0 Å². The zero-order chi connectivity index (χ0) is 9.40. The zero-order valence-electron chi connectivity index (χ0n) is 8.93. The number of rotatable bonds is 6. The summed E-state index contributed by atoms with van der Waals surface area (Å²) < 4.78 is 0. The molecule has 0 spiro atoms. The normalized spacial score (nSPS) is 12.2. The summed E-state index contributed by atoms with van der Waals surface area (Å²) >= 11 is 0. The van der Waals surface area contributed by atoms with Gasteiger partial charge in [-0.1, -0.05) is 39.8 Å². The molecule has 0 amide bonds. The molecule has 1 heteroatoms. The van der Waals surface area contributed by atoms with Crippen molar-refractivity contribution < 1.29 is 0 Å². The van der Waals surface area contributed by atoms with Crippen LogP contribution in [0.15, 0.2) is 12.2 Å². The molecule has 0 radical (unpaired) electrons. The SMILES string of the molecule is CCC(C=CCNC(C)C)CC. The van der Waals surface area contributed by atoms with Gasteiger partial charge in [0, 0.05) is 12.6 Å². The first-order chi connectivity index (χ1) is 5.70. The molecule has 72 valence electrons. The maximum Gasteiger partial charge on any atom is 0.0137 e. The molecule has 0 saturated carbocycles. The highest BCUT2D eigenvalue weighted by molar-refractivity contribution is 4.89. The maximum absolute atomic E-state index is 3.36. The number of hydrogen-bond donors (Lipinski definition) is 1. The summed E-state index contributed by atoms with van der Waals surface area (Å²) in [4.78, 5) is 0. The molecule has 0 aromatic heterocycles. The van der Waals surface area contributed by atoms with Gasteiger partial charge in [-0.3, -0.25) is 0 Å². The number of nitrogens with one attached hydrogen (secondary N) is 1. The first kappa shape index (κ1) is 11.7. The molecule has 0 aromatic rings. The Bertz CT molecular complexity index is 112. The second kappa shape index (κ2) is 7.35. The van der Waals surface area contributed by atoms with E-state index in [0.717, 1.165) is 12.5 Å². The molecular formula is C11H23N. The van der Waals surface area contributed by atoms with Crippen molar-refractivity contribution in [3.05, 3.63) is 12.2 Å². The van der Waals surface area contributed by atoms with Crippen molar-refractivity contribution in [2.24, 2.45) is 5.92 Å². The zero-order valence-corrected chi connectivity index (χ0v) is 8.93. The third kappa shape index (κ3) is 6.41. The van der Waals surface area contributed by atoms with Crippen LogP contribution in [0.5, 0.6) is 0 Å². The first-order valence-electron chi connectivity index (χ1n) is 5.10. The van der Waals surface area contributed by atoms with E-state index in [4.69, 9.17) is 0 Å². The quantitative estimate of drug-likeness (QED) is 0.603. The Morgan fingerprint density at radius 3 is 2.17 bits per heavy atom. The fourth-order valence-electron chi connectivity index (χ4n) is 1.13. The molecule has 1 nitrogen and oxygen atoms in total. The molecular weight excluding hydrogens is 146 g/mol. The van der Waals surface area contributed by atoms with E-state index in [1.165, 1.54) is 12.8 Å². The van der Waals surface area contributed by atoms with E-state index < -0.39 is 0 Å². The van der Waals surface area contributed by atoms with Crippen LogP contribution in [0.2, 0.25) is 0 Å². The molecule has 0 unspecified atom stereocenters. The topological polar surface area (TPSA) is 12.0 Å². The third-order valence-electron chi connectivity index (χ3n) is 2.10. The van der Waals surface area contributed by atoms with Crippen LogP contribution in [0.25, 0.3) is 0 Å². The Labute approximate surface area is 77.2 Å². The average molecular weight is 169 g/mol. The fraction of sp³-hybridized carbons (Fsp3) is 0.818. The van der Waals surface area contributed by atoms with Gasteiger partial charge >= 0.3 is 0 Å². The van der Waals surface area contributed by atoms with Crippen LogP contribution in [0, 0.1) is 5.92 Å². The van der Waals surface area contributed by atoms with Crippen LogP contribution >= 0.6 is 0 Å². The van der Waals surface area contributed by atoms with Crippen molar-refractivity contribution >= 4 is 0 Å². The van der Waals surface area contributed by atoms with E-state index in [-0.39, 0.29) is 0 Å². The lowest BCUT2D eigenvalue weighted by molar-refractivity contribution is 0.596. The molecule has 0 fully saturated rings.